The first kappa shape index (κ1) is 20.3. The quantitative estimate of drug-likeness (QED) is 0.697. The highest BCUT2D eigenvalue weighted by molar-refractivity contribution is 5.77. The molecule has 0 saturated carbocycles. The van der Waals surface area contributed by atoms with Gasteiger partial charge in [-0.25, -0.2) is 0 Å². The summed E-state index contributed by atoms with van der Waals surface area (Å²) in [5.74, 6) is 1.21. The van der Waals surface area contributed by atoms with Gasteiger partial charge >= 0.3 is 0 Å². The summed E-state index contributed by atoms with van der Waals surface area (Å²) in [5.41, 5.74) is 1.10. The first-order valence-corrected chi connectivity index (χ1v) is 8.91. The zero-order chi connectivity index (χ0) is 19.5. The second-order valence-electron chi connectivity index (χ2n) is 6.06. The van der Waals surface area contributed by atoms with Crippen molar-refractivity contribution < 1.29 is 19.1 Å². The summed E-state index contributed by atoms with van der Waals surface area (Å²) in [6, 6.07) is 16.9. The van der Waals surface area contributed by atoms with Gasteiger partial charge in [0, 0.05) is 26.6 Å². The fraction of sp³-hybridized carbons (Fsp3) is 0.333. The van der Waals surface area contributed by atoms with Crippen LogP contribution in [0.15, 0.2) is 54.6 Å². The van der Waals surface area contributed by atoms with Gasteiger partial charge in [0.05, 0.1) is 7.11 Å². The lowest BCUT2D eigenvalue weighted by Gasteiger charge is -2.21. The minimum atomic E-state index is -0.213. The monoisotopic (exact) mass is 370 g/mol. The minimum Gasteiger partial charge on any atom is -0.497 e. The molecule has 0 aliphatic rings. The molecule has 2 aromatic rings. The molecule has 0 fully saturated rings. The van der Waals surface area contributed by atoms with Gasteiger partial charge in [-0.1, -0.05) is 30.3 Å². The van der Waals surface area contributed by atoms with Crippen LogP contribution in [0, 0.1) is 0 Å². The van der Waals surface area contributed by atoms with Crippen LogP contribution in [-0.4, -0.2) is 50.1 Å². The van der Waals surface area contributed by atoms with Crippen LogP contribution in [-0.2, 0) is 16.0 Å². The number of nitrogens with zero attached hydrogens (tertiary/aromatic N) is 1. The van der Waals surface area contributed by atoms with Crippen LogP contribution < -0.4 is 14.8 Å². The van der Waals surface area contributed by atoms with E-state index in [0.717, 1.165) is 17.7 Å². The number of nitrogens with one attached hydrogen (secondary N) is 1. The van der Waals surface area contributed by atoms with Crippen molar-refractivity contribution in [1.29, 1.82) is 0 Å². The van der Waals surface area contributed by atoms with E-state index in [9.17, 15) is 9.59 Å². The maximum atomic E-state index is 11.9. The van der Waals surface area contributed by atoms with Crippen LogP contribution >= 0.6 is 0 Å². The topological polar surface area (TPSA) is 67.9 Å². The molecule has 2 rings (SSSR count). The number of amides is 2. The molecular weight excluding hydrogens is 344 g/mol. The third-order valence-corrected chi connectivity index (χ3v) is 4.07. The van der Waals surface area contributed by atoms with E-state index in [1.54, 1.807) is 24.1 Å². The van der Waals surface area contributed by atoms with E-state index >= 15 is 0 Å². The van der Waals surface area contributed by atoms with Gasteiger partial charge < -0.3 is 19.7 Å². The fourth-order valence-corrected chi connectivity index (χ4v) is 2.57. The molecule has 0 saturated heterocycles. The summed E-state index contributed by atoms with van der Waals surface area (Å²) in [7, 11) is 1.63. The molecule has 0 spiro atoms. The van der Waals surface area contributed by atoms with Gasteiger partial charge in [-0.15, -0.1) is 0 Å². The van der Waals surface area contributed by atoms with Crippen molar-refractivity contribution in [2.24, 2.45) is 0 Å². The van der Waals surface area contributed by atoms with E-state index in [2.05, 4.69) is 5.32 Å². The maximum absolute atomic E-state index is 11.9. The highest BCUT2D eigenvalue weighted by atomic mass is 16.5. The van der Waals surface area contributed by atoms with Crippen LogP contribution in [0.4, 0.5) is 0 Å². The van der Waals surface area contributed by atoms with Crippen molar-refractivity contribution in [1.82, 2.24) is 10.2 Å². The third kappa shape index (κ3) is 7.40. The van der Waals surface area contributed by atoms with Crippen LogP contribution in [0.3, 0.4) is 0 Å². The predicted octanol–water partition coefficient (Wildman–Crippen LogP) is 2.28. The minimum absolute atomic E-state index is 0.0207. The predicted molar refractivity (Wildman–Crippen MR) is 104 cm³/mol. The Balaban J connectivity index is 1.72. The molecular formula is C21H26N2O4. The fourth-order valence-electron chi connectivity index (χ4n) is 2.57. The van der Waals surface area contributed by atoms with Gasteiger partial charge in [0.2, 0.25) is 5.91 Å². The second-order valence-corrected chi connectivity index (χ2v) is 6.06. The number of carbonyl (C=O) groups is 2. The van der Waals surface area contributed by atoms with Crippen molar-refractivity contribution in [2.75, 3.05) is 33.4 Å². The normalized spacial score (nSPS) is 10.1. The number of methoxy groups -OCH3 is 1. The zero-order valence-electron chi connectivity index (χ0n) is 15.8. The molecule has 0 unspecified atom stereocenters. The van der Waals surface area contributed by atoms with Gasteiger partial charge in [0.25, 0.3) is 5.91 Å². The van der Waals surface area contributed by atoms with E-state index in [1.165, 1.54) is 6.92 Å². The largest absolute Gasteiger partial charge is 0.497 e. The lowest BCUT2D eigenvalue weighted by Crippen LogP contribution is -2.39. The van der Waals surface area contributed by atoms with Gasteiger partial charge in [-0.05, 0) is 36.2 Å². The van der Waals surface area contributed by atoms with Crippen molar-refractivity contribution in [3.8, 4) is 11.5 Å². The van der Waals surface area contributed by atoms with E-state index < -0.39 is 0 Å². The summed E-state index contributed by atoms with van der Waals surface area (Å²) < 4.78 is 10.6. The Morgan fingerprint density at radius 2 is 1.74 bits per heavy atom. The Kier molecular flexibility index (Phi) is 8.16. The maximum Gasteiger partial charge on any atom is 0.258 e. The van der Waals surface area contributed by atoms with E-state index in [0.29, 0.717) is 25.4 Å². The van der Waals surface area contributed by atoms with E-state index in [-0.39, 0.29) is 18.4 Å². The summed E-state index contributed by atoms with van der Waals surface area (Å²) in [6.07, 6.45) is 0.724. The Labute approximate surface area is 160 Å². The van der Waals surface area contributed by atoms with Crippen LogP contribution in [0.5, 0.6) is 11.5 Å². The first-order chi connectivity index (χ1) is 13.1. The van der Waals surface area contributed by atoms with Crippen molar-refractivity contribution in [2.45, 2.75) is 13.3 Å². The average molecular weight is 370 g/mol. The smallest absolute Gasteiger partial charge is 0.258 e. The molecule has 0 aliphatic carbocycles. The average Bonchev–Trinajstić information content (AvgIpc) is 2.69. The Morgan fingerprint density at radius 3 is 2.44 bits per heavy atom. The third-order valence-electron chi connectivity index (χ3n) is 4.07. The Morgan fingerprint density at radius 1 is 1.00 bits per heavy atom. The first-order valence-electron chi connectivity index (χ1n) is 8.91. The van der Waals surface area contributed by atoms with Gasteiger partial charge in [0.1, 0.15) is 11.5 Å². The molecule has 0 heterocycles. The molecule has 0 aliphatic heterocycles. The van der Waals surface area contributed by atoms with Crippen molar-refractivity contribution >= 4 is 11.8 Å². The lowest BCUT2D eigenvalue weighted by molar-refractivity contribution is -0.129. The standard InChI is InChI=1S/C21H26N2O4/c1-17(24)23(13-11-18-7-6-10-20(15-18)26-2)14-12-22-21(25)16-27-19-8-4-3-5-9-19/h3-10,15H,11-14,16H2,1-2H3,(H,22,25). The molecule has 0 atom stereocenters. The summed E-state index contributed by atoms with van der Waals surface area (Å²) in [5, 5.41) is 2.78. The lowest BCUT2D eigenvalue weighted by atomic mass is 10.1. The molecule has 0 aromatic heterocycles. The van der Waals surface area contributed by atoms with E-state index in [1.807, 2.05) is 42.5 Å². The number of ether oxygens (including phenoxy) is 2. The van der Waals surface area contributed by atoms with Crippen molar-refractivity contribution in [3.63, 3.8) is 0 Å². The Bertz CT molecular complexity index is 734. The molecule has 1 N–H and O–H groups in total. The second kappa shape index (κ2) is 10.9. The summed E-state index contributed by atoms with van der Waals surface area (Å²) in [4.78, 5) is 25.4. The zero-order valence-corrected chi connectivity index (χ0v) is 15.8. The summed E-state index contributed by atoms with van der Waals surface area (Å²) >= 11 is 0. The van der Waals surface area contributed by atoms with Crippen LogP contribution in [0.1, 0.15) is 12.5 Å². The van der Waals surface area contributed by atoms with Crippen LogP contribution in [0.25, 0.3) is 0 Å². The van der Waals surface area contributed by atoms with Gasteiger partial charge in [0.15, 0.2) is 6.61 Å². The molecule has 0 bridgehead atoms. The highest BCUT2D eigenvalue weighted by Crippen LogP contribution is 2.13. The number of para-hydroxylation sites is 1. The summed E-state index contributed by atoms with van der Waals surface area (Å²) in [6.45, 7) is 2.91. The number of carbonyl (C=O) groups excluding carboxylic acids is 2. The molecule has 27 heavy (non-hydrogen) atoms. The number of rotatable bonds is 10. The highest BCUT2D eigenvalue weighted by Gasteiger charge is 2.10. The molecule has 2 amide bonds. The molecule has 0 radical (unpaired) electrons. The molecule has 144 valence electrons. The Hall–Kier alpha value is -3.02. The molecule has 2 aromatic carbocycles. The van der Waals surface area contributed by atoms with Crippen LogP contribution in [0.2, 0.25) is 0 Å². The van der Waals surface area contributed by atoms with Gasteiger partial charge in [-0.3, -0.25) is 9.59 Å². The van der Waals surface area contributed by atoms with E-state index in [4.69, 9.17) is 9.47 Å². The van der Waals surface area contributed by atoms with Gasteiger partial charge in [-0.2, -0.15) is 0 Å². The van der Waals surface area contributed by atoms with Crippen molar-refractivity contribution in [3.05, 3.63) is 60.2 Å². The number of hydrogen-bond donors (Lipinski definition) is 1. The molecule has 6 nitrogen and oxygen atoms in total. The number of hydrogen-bond acceptors (Lipinski definition) is 4. The SMILES string of the molecule is COc1cccc(CCN(CCNC(=O)COc2ccccc2)C(C)=O)c1. The molecule has 6 heteroatoms. The number of benzene rings is 2.